The number of halogens is 1. The van der Waals surface area contributed by atoms with Gasteiger partial charge in [-0.05, 0) is 53.3 Å². The number of hydrogen-bond acceptors (Lipinski definition) is 3. The zero-order valence-corrected chi connectivity index (χ0v) is 21.8. The topological polar surface area (TPSA) is 54.9 Å². The van der Waals surface area contributed by atoms with Crippen molar-refractivity contribution in [1.82, 2.24) is 10.6 Å². The van der Waals surface area contributed by atoms with E-state index in [0.717, 1.165) is 32.0 Å². The van der Waals surface area contributed by atoms with Gasteiger partial charge in [-0.15, -0.1) is 24.0 Å². The number of nitrogens with zero attached hydrogens (tertiary/aromatic N) is 1. The molecule has 0 aliphatic carbocycles. The molecule has 2 N–H and O–H groups in total. The summed E-state index contributed by atoms with van der Waals surface area (Å²) in [6, 6.07) is 23.8. The maximum absolute atomic E-state index is 6.01. The summed E-state index contributed by atoms with van der Waals surface area (Å²) in [6.45, 7) is 5.15. The predicted molar refractivity (Wildman–Crippen MR) is 146 cm³/mol. The number of fused-ring (bicyclic) bond motifs is 1. The molecule has 0 bridgehead atoms. The number of ether oxygens (including phenoxy) is 2. The summed E-state index contributed by atoms with van der Waals surface area (Å²) >= 11 is 0. The highest BCUT2D eigenvalue weighted by atomic mass is 127. The number of rotatable bonds is 7. The predicted octanol–water partition coefficient (Wildman–Crippen LogP) is 5.58. The van der Waals surface area contributed by atoms with Gasteiger partial charge in [-0.25, -0.2) is 0 Å². The second kappa shape index (κ2) is 12.9. The minimum atomic E-state index is 0. The number of nitrogens with one attached hydrogen (secondary N) is 2. The highest BCUT2D eigenvalue weighted by Crippen LogP contribution is 2.20. The molecule has 0 amide bonds. The van der Waals surface area contributed by atoms with Gasteiger partial charge in [0.05, 0.1) is 18.8 Å². The first-order valence-electron chi connectivity index (χ1n) is 11.4. The van der Waals surface area contributed by atoms with Crippen molar-refractivity contribution < 1.29 is 9.47 Å². The lowest BCUT2D eigenvalue weighted by atomic mass is 10.0. The van der Waals surface area contributed by atoms with E-state index in [9.17, 15) is 0 Å². The first-order valence-corrected chi connectivity index (χ1v) is 11.4. The van der Waals surface area contributed by atoms with Gasteiger partial charge in [0.2, 0.25) is 0 Å². The van der Waals surface area contributed by atoms with Crippen LogP contribution in [0.25, 0.3) is 10.8 Å². The summed E-state index contributed by atoms with van der Waals surface area (Å²) in [7, 11) is 1.80. The monoisotopic (exact) mass is 559 g/mol. The Morgan fingerprint density at radius 1 is 1.00 bits per heavy atom. The van der Waals surface area contributed by atoms with E-state index in [1.165, 1.54) is 27.5 Å². The number of guanidine groups is 1. The Hall–Kier alpha value is -2.16. The lowest BCUT2D eigenvalue weighted by molar-refractivity contribution is -0.0390. The van der Waals surface area contributed by atoms with Gasteiger partial charge in [0.1, 0.15) is 0 Å². The van der Waals surface area contributed by atoms with Crippen LogP contribution >= 0.6 is 24.0 Å². The van der Waals surface area contributed by atoms with Crippen LogP contribution in [0.5, 0.6) is 0 Å². The van der Waals surface area contributed by atoms with Gasteiger partial charge in [-0.2, -0.15) is 0 Å². The molecule has 0 spiro atoms. The first kappa shape index (κ1) is 25.5. The van der Waals surface area contributed by atoms with E-state index in [1.807, 2.05) is 0 Å². The molecule has 33 heavy (non-hydrogen) atoms. The van der Waals surface area contributed by atoms with E-state index in [-0.39, 0.29) is 30.0 Å². The standard InChI is InChI=1S/C27H33N3O2.HI/c1-20(24-12-11-23-5-3-4-6-25(23)17-24)30-27(28-2)29-18-21-7-9-22(10-8-21)19-32-26-13-15-31-16-14-26;/h3-12,17,20,26H,13-16,18-19H2,1-2H3,(H2,28,29,30);1H. The molecule has 3 aromatic rings. The molecule has 1 saturated heterocycles. The Morgan fingerprint density at radius 2 is 1.70 bits per heavy atom. The fraction of sp³-hybridized carbons (Fsp3) is 0.370. The SMILES string of the molecule is CN=C(NCc1ccc(COC2CCOCC2)cc1)NC(C)c1ccc2ccccc2c1.I. The van der Waals surface area contributed by atoms with Crippen LogP contribution in [0, 0.1) is 0 Å². The van der Waals surface area contributed by atoms with Crippen molar-refractivity contribution in [3.05, 3.63) is 83.4 Å². The van der Waals surface area contributed by atoms with Crippen LogP contribution in [0.15, 0.2) is 71.7 Å². The zero-order chi connectivity index (χ0) is 22.2. The van der Waals surface area contributed by atoms with E-state index in [2.05, 4.69) is 89.3 Å². The molecule has 1 heterocycles. The van der Waals surface area contributed by atoms with Gasteiger partial charge in [0.15, 0.2) is 5.96 Å². The van der Waals surface area contributed by atoms with Crippen molar-refractivity contribution in [3.63, 3.8) is 0 Å². The van der Waals surface area contributed by atoms with Crippen molar-refractivity contribution in [2.45, 2.75) is 45.1 Å². The van der Waals surface area contributed by atoms with Crippen LogP contribution in [-0.2, 0) is 22.6 Å². The Balaban J connectivity index is 0.00000306. The molecule has 1 atom stereocenters. The van der Waals surface area contributed by atoms with E-state index < -0.39 is 0 Å². The third-order valence-corrected chi connectivity index (χ3v) is 5.99. The summed E-state index contributed by atoms with van der Waals surface area (Å²) in [5, 5.41) is 9.42. The highest BCUT2D eigenvalue weighted by molar-refractivity contribution is 14.0. The van der Waals surface area contributed by atoms with E-state index in [0.29, 0.717) is 19.3 Å². The molecule has 3 aromatic carbocycles. The maximum Gasteiger partial charge on any atom is 0.191 e. The lowest BCUT2D eigenvalue weighted by Crippen LogP contribution is -2.38. The largest absolute Gasteiger partial charge is 0.381 e. The number of aliphatic imine (C=N–C) groups is 1. The smallest absolute Gasteiger partial charge is 0.191 e. The summed E-state index contributed by atoms with van der Waals surface area (Å²) < 4.78 is 11.4. The van der Waals surface area contributed by atoms with E-state index in [4.69, 9.17) is 9.47 Å². The number of benzene rings is 3. The molecular weight excluding hydrogens is 525 g/mol. The molecule has 4 rings (SSSR count). The van der Waals surface area contributed by atoms with Crippen molar-refractivity contribution in [1.29, 1.82) is 0 Å². The Kier molecular flexibility index (Phi) is 9.96. The second-order valence-corrected chi connectivity index (χ2v) is 8.34. The maximum atomic E-state index is 6.01. The third kappa shape index (κ3) is 7.42. The van der Waals surface area contributed by atoms with Gasteiger partial charge in [-0.3, -0.25) is 4.99 Å². The summed E-state index contributed by atoms with van der Waals surface area (Å²) in [5.41, 5.74) is 3.65. The zero-order valence-electron chi connectivity index (χ0n) is 19.4. The summed E-state index contributed by atoms with van der Waals surface area (Å²) in [5.74, 6) is 0.789. The quantitative estimate of drug-likeness (QED) is 0.226. The van der Waals surface area contributed by atoms with Gasteiger partial charge in [0.25, 0.3) is 0 Å². The fourth-order valence-electron chi connectivity index (χ4n) is 3.96. The Labute approximate surface area is 214 Å². The van der Waals surface area contributed by atoms with Gasteiger partial charge >= 0.3 is 0 Å². The normalized spacial score (nSPS) is 15.6. The molecule has 176 valence electrons. The van der Waals surface area contributed by atoms with Gasteiger partial charge in [0, 0.05) is 26.8 Å². The fourth-order valence-corrected chi connectivity index (χ4v) is 3.96. The van der Waals surface area contributed by atoms with Gasteiger partial charge in [-0.1, -0.05) is 60.7 Å². The third-order valence-electron chi connectivity index (χ3n) is 5.99. The molecule has 0 radical (unpaired) electrons. The Bertz CT molecular complexity index is 1030. The molecular formula is C27H34IN3O2. The first-order chi connectivity index (χ1) is 15.7. The molecule has 6 heteroatoms. The van der Waals surface area contributed by atoms with Crippen molar-refractivity contribution in [3.8, 4) is 0 Å². The van der Waals surface area contributed by atoms with Crippen LogP contribution in [0.2, 0.25) is 0 Å². The summed E-state index contributed by atoms with van der Waals surface area (Å²) in [4.78, 5) is 4.39. The molecule has 5 nitrogen and oxygen atoms in total. The molecule has 1 aliphatic heterocycles. The minimum absolute atomic E-state index is 0. The number of hydrogen-bond donors (Lipinski definition) is 2. The van der Waals surface area contributed by atoms with Crippen LogP contribution < -0.4 is 10.6 Å². The average molecular weight is 559 g/mol. The molecule has 1 aliphatic rings. The second-order valence-electron chi connectivity index (χ2n) is 8.34. The van der Waals surface area contributed by atoms with Crippen molar-refractivity contribution in [2.75, 3.05) is 20.3 Å². The molecule has 0 saturated carbocycles. The minimum Gasteiger partial charge on any atom is -0.381 e. The molecule has 1 unspecified atom stereocenters. The van der Waals surface area contributed by atoms with Crippen LogP contribution in [0.4, 0.5) is 0 Å². The van der Waals surface area contributed by atoms with E-state index >= 15 is 0 Å². The Morgan fingerprint density at radius 3 is 2.42 bits per heavy atom. The van der Waals surface area contributed by atoms with Crippen LogP contribution in [0.1, 0.15) is 42.5 Å². The van der Waals surface area contributed by atoms with Crippen LogP contribution in [-0.4, -0.2) is 32.3 Å². The van der Waals surface area contributed by atoms with Crippen molar-refractivity contribution >= 4 is 40.7 Å². The van der Waals surface area contributed by atoms with Crippen molar-refractivity contribution in [2.24, 2.45) is 4.99 Å². The average Bonchev–Trinajstić information content (AvgIpc) is 2.86. The molecule has 1 fully saturated rings. The molecule has 0 aromatic heterocycles. The van der Waals surface area contributed by atoms with Crippen LogP contribution in [0.3, 0.4) is 0 Å². The lowest BCUT2D eigenvalue weighted by Gasteiger charge is -2.22. The van der Waals surface area contributed by atoms with Gasteiger partial charge < -0.3 is 20.1 Å². The summed E-state index contributed by atoms with van der Waals surface area (Å²) in [6.07, 6.45) is 2.31. The highest BCUT2D eigenvalue weighted by Gasteiger charge is 2.14. The van der Waals surface area contributed by atoms with E-state index in [1.54, 1.807) is 7.05 Å².